The van der Waals surface area contributed by atoms with Gasteiger partial charge in [-0.25, -0.2) is 0 Å². The van der Waals surface area contributed by atoms with Gasteiger partial charge in [-0.3, -0.25) is 19.7 Å². The number of carboxylic acids is 1. The van der Waals surface area contributed by atoms with Crippen LogP contribution in [0.15, 0.2) is 24.3 Å². The zero-order valence-electron chi connectivity index (χ0n) is 11.2. The number of hydrogen-bond acceptors (Lipinski definition) is 4. The van der Waals surface area contributed by atoms with Crippen LogP contribution >= 0.6 is 0 Å². The van der Waals surface area contributed by atoms with Crippen molar-refractivity contribution in [2.24, 2.45) is 11.8 Å². The minimum Gasteiger partial charge on any atom is -0.481 e. The molecule has 0 radical (unpaired) electrons. The van der Waals surface area contributed by atoms with Crippen LogP contribution in [0.25, 0.3) is 0 Å². The van der Waals surface area contributed by atoms with Gasteiger partial charge in [0.2, 0.25) is 0 Å². The van der Waals surface area contributed by atoms with Crippen LogP contribution in [0.5, 0.6) is 0 Å². The fourth-order valence-electron chi connectivity index (χ4n) is 1.73. The predicted octanol–water partition coefficient (Wildman–Crippen LogP) is 1.68. The van der Waals surface area contributed by atoms with E-state index in [-0.39, 0.29) is 23.7 Å². The number of para-hydroxylation sites is 1. The highest BCUT2D eigenvalue weighted by atomic mass is 16.6. The van der Waals surface area contributed by atoms with E-state index in [0.717, 1.165) is 0 Å². The zero-order valence-corrected chi connectivity index (χ0v) is 11.2. The van der Waals surface area contributed by atoms with Crippen LogP contribution < -0.4 is 5.32 Å². The quantitative estimate of drug-likeness (QED) is 0.608. The topological polar surface area (TPSA) is 110 Å². The van der Waals surface area contributed by atoms with Crippen LogP contribution in [-0.2, 0) is 4.79 Å². The lowest BCUT2D eigenvalue weighted by molar-refractivity contribution is -0.385. The second-order valence-electron chi connectivity index (χ2n) is 4.67. The number of nitro groups is 1. The number of carboxylic acid groups (broad SMARTS) is 1. The van der Waals surface area contributed by atoms with Crippen molar-refractivity contribution in [2.45, 2.75) is 13.8 Å². The minimum atomic E-state index is -1.01. The molecule has 1 atom stereocenters. The third-order valence-corrected chi connectivity index (χ3v) is 2.95. The molecule has 0 aromatic heterocycles. The Morgan fingerprint density at radius 1 is 1.35 bits per heavy atom. The van der Waals surface area contributed by atoms with Gasteiger partial charge >= 0.3 is 5.97 Å². The second kappa shape index (κ2) is 6.65. The van der Waals surface area contributed by atoms with Gasteiger partial charge in [-0.2, -0.15) is 0 Å². The standard InChI is InChI=1S/C13H16N2O5/c1-8(2)10(13(17)18)7-14-12(16)9-5-3-4-6-11(9)15(19)20/h3-6,8,10H,7H2,1-2H3,(H,14,16)(H,17,18). The maximum Gasteiger partial charge on any atom is 0.308 e. The summed E-state index contributed by atoms with van der Waals surface area (Å²) in [5.74, 6) is -2.55. The van der Waals surface area contributed by atoms with Gasteiger partial charge in [0.15, 0.2) is 0 Å². The molecule has 1 aromatic rings. The van der Waals surface area contributed by atoms with E-state index in [0.29, 0.717) is 0 Å². The largest absolute Gasteiger partial charge is 0.481 e. The number of carbonyl (C=O) groups is 2. The first-order valence-corrected chi connectivity index (χ1v) is 6.09. The van der Waals surface area contributed by atoms with Gasteiger partial charge in [0.1, 0.15) is 5.56 Å². The van der Waals surface area contributed by atoms with E-state index in [2.05, 4.69) is 5.32 Å². The number of nitrogens with zero attached hydrogens (tertiary/aromatic N) is 1. The molecular weight excluding hydrogens is 264 g/mol. The van der Waals surface area contributed by atoms with Crippen molar-refractivity contribution in [3.63, 3.8) is 0 Å². The van der Waals surface area contributed by atoms with Crippen LogP contribution in [0.1, 0.15) is 24.2 Å². The number of nitro benzene ring substituents is 1. The van der Waals surface area contributed by atoms with Crippen LogP contribution in [0, 0.1) is 22.0 Å². The average molecular weight is 280 g/mol. The van der Waals surface area contributed by atoms with Crippen LogP contribution in [0.4, 0.5) is 5.69 Å². The number of amides is 1. The van der Waals surface area contributed by atoms with Gasteiger partial charge in [0, 0.05) is 12.6 Å². The zero-order chi connectivity index (χ0) is 15.3. The molecule has 1 unspecified atom stereocenters. The highest BCUT2D eigenvalue weighted by Gasteiger charge is 2.24. The molecule has 1 aromatic carbocycles. The first-order valence-electron chi connectivity index (χ1n) is 6.09. The second-order valence-corrected chi connectivity index (χ2v) is 4.67. The summed E-state index contributed by atoms with van der Waals surface area (Å²) in [5.41, 5.74) is -0.383. The van der Waals surface area contributed by atoms with Crippen LogP contribution in [0.2, 0.25) is 0 Å². The molecule has 20 heavy (non-hydrogen) atoms. The molecule has 108 valence electrons. The Bertz CT molecular complexity index is 527. The number of benzene rings is 1. The Morgan fingerprint density at radius 2 is 1.95 bits per heavy atom. The molecule has 7 heteroatoms. The molecule has 0 aliphatic heterocycles. The maximum absolute atomic E-state index is 11.9. The van der Waals surface area contributed by atoms with E-state index in [1.165, 1.54) is 24.3 Å². The monoisotopic (exact) mass is 280 g/mol. The van der Waals surface area contributed by atoms with Crippen LogP contribution in [-0.4, -0.2) is 28.5 Å². The Balaban J connectivity index is 2.82. The van der Waals surface area contributed by atoms with Gasteiger partial charge in [-0.15, -0.1) is 0 Å². The lowest BCUT2D eigenvalue weighted by atomic mass is 9.96. The third kappa shape index (κ3) is 3.78. The molecular formula is C13H16N2O5. The van der Waals surface area contributed by atoms with E-state index in [9.17, 15) is 19.7 Å². The Kier molecular flexibility index (Phi) is 5.19. The molecule has 0 saturated carbocycles. The summed E-state index contributed by atoms with van der Waals surface area (Å²) >= 11 is 0. The lowest BCUT2D eigenvalue weighted by Crippen LogP contribution is -2.35. The van der Waals surface area contributed by atoms with Crippen molar-refractivity contribution in [1.29, 1.82) is 0 Å². The fourth-order valence-corrected chi connectivity index (χ4v) is 1.73. The van der Waals surface area contributed by atoms with E-state index in [1.807, 2.05) is 0 Å². The molecule has 0 fully saturated rings. The van der Waals surface area contributed by atoms with E-state index < -0.39 is 22.7 Å². The molecule has 1 amide bonds. The maximum atomic E-state index is 11.9. The number of hydrogen-bond donors (Lipinski definition) is 2. The normalized spacial score (nSPS) is 11.9. The molecule has 0 saturated heterocycles. The molecule has 1 rings (SSSR count). The Labute approximate surface area is 115 Å². The molecule has 0 bridgehead atoms. The predicted molar refractivity (Wildman–Crippen MR) is 71.4 cm³/mol. The summed E-state index contributed by atoms with van der Waals surface area (Å²) in [6.07, 6.45) is 0. The van der Waals surface area contributed by atoms with Crippen molar-refractivity contribution in [2.75, 3.05) is 6.54 Å². The first kappa shape index (κ1) is 15.6. The smallest absolute Gasteiger partial charge is 0.308 e. The Hall–Kier alpha value is -2.44. The van der Waals surface area contributed by atoms with Crippen LogP contribution in [0.3, 0.4) is 0 Å². The Morgan fingerprint density at radius 3 is 2.45 bits per heavy atom. The minimum absolute atomic E-state index is 0.0715. The highest BCUT2D eigenvalue weighted by molar-refractivity contribution is 5.98. The van der Waals surface area contributed by atoms with Crippen molar-refractivity contribution >= 4 is 17.6 Å². The molecule has 0 spiro atoms. The van der Waals surface area contributed by atoms with Gasteiger partial charge in [0.25, 0.3) is 11.6 Å². The number of aliphatic carboxylic acids is 1. The fraction of sp³-hybridized carbons (Fsp3) is 0.385. The lowest BCUT2D eigenvalue weighted by Gasteiger charge is -2.16. The van der Waals surface area contributed by atoms with E-state index >= 15 is 0 Å². The molecule has 0 aliphatic carbocycles. The van der Waals surface area contributed by atoms with Crippen molar-refractivity contribution in [3.8, 4) is 0 Å². The SMILES string of the molecule is CC(C)C(CNC(=O)c1ccccc1[N+](=O)[O-])C(=O)O. The molecule has 7 nitrogen and oxygen atoms in total. The molecule has 0 aliphatic rings. The summed E-state index contributed by atoms with van der Waals surface area (Å²) in [5, 5.41) is 22.3. The van der Waals surface area contributed by atoms with E-state index in [1.54, 1.807) is 13.8 Å². The summed E-state index contributed by atoms with van der Waals surface area (Å²) in [4.78, 5) is 33.1. The van der Waals surface area contributed by atoms with E-state index in [4.69, 9.17) is 5.11 Å². The van der Waals surface area contributed by atoms with Crippen molar-refractivity contribution in [1.82, 2.24) is 5.32 Å². The first-order chi connectivity index (χ1) is 9.34. The van der Waals surface area contributed by atoms with Gasteiger partial charge in [-0.1, -0.05) is 26.0 Å². The van der Waals surface area contributed by atoms with Crippen molar-refractivity contribution in [3.05, 3.63) is 39.9 Å². The third-order valence-electron chi connectivity index (χ3n) is 2.95. The summed E-state index contributed by atoms with van der Waals surface area (Å²) in [6, 6.07) is 5.53. The van der Waals surface area contributed by atoms with Crippen molar-refractivity contribution < 1.29 is 19.6 Å². The molecule has 0 heterocycles. The molecule has 2 N–H and O–H groups in total. The van der Waals surface area contributed by atoms with Gasteiger partial charge in [-0.05, 0) is 12.0 Å². The summed E-state index contributed by atoms with van der Waals surface area (Å²) in [6.45, 7) is 3.39. The number of rotatable bonds is 6. The summed E-state index contributed by atoms with van der Waals surface area (Å²) < 4.78 is 0. The number of nitrogens with one attached hydrogen (secondary N) is 1. The summed E-state index contributed by atoms with van der Waals surface area (Å²) in [7, 11) is 0. The highest BCUT2D eigenvalue weighted by Crippen LogP contribution is 2.17. The van der Waals surface area contributed by atoms with Gasteiger partial charge in [0.05, 0.1) is 10.8 Å². The average Bonchev–Trinajstić information content (AvgIpc) is 2.37. The van der Waals surface area contributed by atoms with Gasteiger partial charge < -0.3 is 10.4 Å². The number of carbonyl (C=O) groups excluding carboxylic acids is 1.